The van der Waals surface area contributed by atoms with Crippen LogP contribution < -0.4 is 4.90 Å². The van der Waals surface area contributed by atoms with E-state index in [1.165, 1.54) is 0 Å². The standard InChI is InChI=1S/C16H17F3N6O/c1-23-5-3-12(22-23)14(26)24-6-10-8-25(9-11(10)7-24)15-20-4-2-13(21-15)16(17,18)19/h2-5,10-11H,6-9H2,1H3. The van der Waals surface area contributed by atoms with E-state index in [1.54, 1.807) is 33.8 Å². The summed E-state index contributed by atoms with van der Waals surface area (Å²) in [6.07, 6.45) is -1.63. The van der Waals surface area contributed by atoms with E-state index in [4.69, 9.17) is 0 Å². The van der Waals surface area contributed by atoms with E-state index in [1.807, 2.05) is 0 Å². The van der Waals surface area contributed by atoms with Gasteiger partial charge in [0, 0.05) is 57.5 Å². The molecule has 0 aliphatic carbocycles. The third kappa shape index (κ3) is 2.99. The maximum Gasteiger partial charge on any atom is 0.433 e. The minimum absolute atomic E-state index is 0.0943. The number of anilines is 1. The van der Waals surface area contributed by atoms with Crippen LogP contribution >= 0.6 is 0 Å². The highest BCUT2D eigenvalue weighted by Gasteiger charge is 2.43. The summed E-state index contributed by atoms with van der Waals surface area (Å²) in [5, 5.41) is 4.13. The zero-order valence-electron chi connectivity index (χ0n) is 14.0. The number of fused-ring (bicyclic) bond motifs is 1. The van der Waals surface area contributed by atoms with Crippen molar-refractivity contribution in [1.82, 2.24) is 24.6 Å². The number of hydrogen-bond acceptors (Lipinski definition) is 5. The van der Waals surface area contributed by atoms with Crippen LogP contribution in [0, 0.1) is 11.8 Å². The zero-order valence-corrected chi connectivity index (χ0v) is 14.0. The predicted molar refractivity (Wildman–Crippen MR) is 85.3 cm³/mol. The topological polar surface area (TPSA) is 67.2 Å². The molecular weight excluding hydrogens is 349 g/mol. The molecule has 2 aliphatic rings. The first-order chi connectivity index (χ1) is 12.3. The third-order valence-electron chi connectivity index (χ3n) is 4.92. The van der Waals surface area contributed by atoms with E-state index >= 15 is 0 Å². The monoisotopic (exact) mass is 366 g/mol. The minimum atomic E-state index is -4.49. The van der Waals surface area contributed by atoms with Crippen LogP contribution in [0.15, 0.2) is 24.5 Å². The van der Waals surface area contributed by atoms with Crippen LogP contribution in [0.4, 0.5) is 19.1 Å². The molecule has 138 valence electrons. The van der Waals surface area contributed by atoms with E-state index < -0.39 is 11.9 Å². The lowest BCUT2D eigenvalue weighted by Crippen LogP contribution is -2.34. The summed E-state index contributed by atoms with van der Waals surface area (Å²) in [4.78, 5) is 23.7. The zero-order chi connectivity index (χ0) is 18.5. The van der Waals surface area contributed by atoms with Crippen LogP contribution in [0.2, 0.25) is 0 Å². The van der Waals surface area contributed by atoms with Crippen LogP contribution in [0.3, 0.4) is 0 Å². The fourth-order valence-corrected chi connectivity index (χ4v) is 3.67. The Morgan fingerprint density at radius 3 is 2.42 bits per heavy atom. The highest BCUT2D eigenvalue weighted by Crippen LogP contribution is 2.34. The molecule has 2 fully saturated rings. The first kappa shape index (κ1) is 16.8. The number of amides is 1. The number of rotatable bonds is 2. The Balaban J connectivity index is 1.43. The molecule has 0 spiro atoms. The summed E-state index contributed by atoms with van der Waals surface area (Å²) >= 11 is 0. The van der Waals surface area contributed by atoms with Gasteiger partial charge in [-0.15, -0.1) is 0 Å². The van der Waals surface area contributed by atoms with Crippen LogP contribution in [-0.2, 0) is 13.2 Å². The van der Waals surface area contributed by atoms with Crippen molar-refractivity contribution in [2.24, 2.45) is 18.9 Å². The number of halogens is 3. The predicted octanol–water partition coefficient (Wildman–Crippen LogP) is 1.44. The normalized spacial score (nSPS) is 22.8. The molecule has 0 N–H and O–H groups in total. The van der Waals surface area contributed by atoms with Gasteiger partial charge in [0.15, 0.2) is 0 Å². The first-order valence-corrected chi connectivity index (χ1v) is 8.25. The Labute approximate surface area is 147 Å². The van der Waals surface area contributed by atoms with Gasteiger partial charge in [0.1, 0.15) is 11.4 Å². The van der Waals surface area contributed by atoms with E-state index in [0.717, 1.165) is 12.3 Å². The van der Waals surface area contributed by atoms with Gasteiger partial charge in [0.05, 0.1) is 0 Å². The summed E-state index contributed by atoms with van der Waals surface area (Å²) < 4.78 is 40.1. The van der Waals surface area contributed by atoms with E-state index in [0.29, 0.717) is 31.9 Å². The number of carbonyl (C=O) groups excluding carboxylic acids is 1. The maximum absolute atomic E-state index is 12.8. The van der Waals surface area contributed by atoms with Gasteiger partial charge < -0.3 is 9.80 Å². The highest BCUT2D eigenvalue weighted by atomic mass is 19.4. The SMILES string of the molecule is Cn1ccc(C(=O)N2CC3CN(c4nccc(C(F)(F)F)n4)CC3C2)n1. The van der Waals surface area contributed by atoms with Crippen molar-refractivity contribution in [2.45, 2.75) is 6.18 Å². The molecule has 2 aromatic rings. The summed E-state index contributed by atoms with van der Waals surface area (Å²) in [6.45, 7) is 2.21. The van der Waals surface area contributed by atoms with Crippen molar-refractivity contribution in [3.63, 3.8) is 0 Å². The number of aryl methyl sites for hydroxylation is 1. The lowest BCUT2D eigenvalue weighted by Gasteiger charge is -2.21. The molecule has 4 rings (SSSR count). The van der Waals surface area contributed by atoms with Gasteiger partial charge in [-0.3, -0.25) is 9.48 Å². The Morgan fingerprint density at radius 2 is 1.85 bits per heavy atom. The molecule has 7 nitrogen and oxygen atoms in total. The summed E-state index contributed by atoms with van der Waals surface area (Å²) in [7, 11) is 1.75. The number of alkyl halides is 3. The first-order valence-electron chi connectivity index (χ1n) is 8.25. The molecule has 2 unspecified atom stereocenters. The molecular formula is C16H17F3N6O. The number of likely N-dealkylation sites (tertiary alicyclic amines) is 1. The highest BCUT2D eigenvalue weighted by molar-refractivity contribution is 5.92. The van der Waals surface area contributed by atoms with Crippen molar-refractivity contribution in [2.75, 3.05) is 31.1 Å². The molecule has 0 aromatic carbocycles. The van der Waals surface area contributed by atoms with Crippen molar-refractivity contribution in [1.29, 1.82) is 0 Å². The minimum Gasteiger partial charge on any atom is -0.340 e. The van der Waals surface area contributed by atoms with Gasteiger partial charge >= 0.3 is 6.18 Å². The van der Waals surface area contributed by atoms with E-state index in [2.05, 4.69) is 15.1 Å². The van der Waals surface area contributed by atoms with Crippen LogP contribution in [0.1, 0.15) is 16.2 Å². The lowest BCUT2D eigenvalue weighted by molar-refractivity contribution is -0.141. The lowest BCUT2D eigenvalue weighted by atomic mass is 10.0. The second-order valence-electron chi connectivity index (χ2n) is 6.75. The number of nitrogens with zero attached hydrogens (tertiary/aromatic N) is 6. The van der Waals surface area contributed by atoms with Gasteiger partial charge in [-0.05, 0) is 12.1 Å². The summed E-state index contributed by atoms with van der Waals surface area (Å²) in [6, 6.07) is 2.55. The second-order valence-corrected chi connectivity index (χ2v) is 6.75. The molecule has 10 heteroatoms. The quantitative estimate of drug-likeness (QED) is 0.805. The molecule has 0 saturated carbocycles. The number of hydrogen-bond donors (Lipinski definition) is 0. The van der Waals surface area contributed by atoms with E-state index in [-0.39, 0.29) is 23.7 Å². The Morgan fingerprint density at radius 1 is 1.15 bits per heavy atom. The van der Waals surface area contributed by atoms with Crippen molar-refractivity contribution < 1.29 is 18.0 Å². The second kappa shape index (κ2) is 5.96. The maximum atomic E-state index is 12.8. The van der Waals surface area contributed by atoms with Crippen LogP contribution in [0.25, 0.3) is 0 Å². The Hall–Kier alpha value is -2.65. The summed E-state index contributed by atoms with van der Waals surface area (Å²) in [5.74, 6) is 0.375. The Bertz CT molecular complexity index is 821. The largest absolute Gasteiger partial charge is 0.433 e. The molecule has 2 aliphatic heterocycles. The van der Waals surface area contributed by atoms with Crippen molar-refractivity contribution in [3.05, 3.63) is 35.9 Å². The third-order valence-corrected chi connectivity index (χ3v) is 4.92. The Kier molecular flexibility index (Phi) is 3.85. The number of aromatic nitrogens is 4. The van der Waals surface area contributed by atoms with Gasteiger partial charge in [0.2, 0.25) is 5.95 Å². The van der Waals surface area contributed by atoms with Crippen molar-refractivity contribution >= 4 is 11.9 Å². The average molecular weight is 366 g/mol. The van der Waals surface area contributed by atoms with Gasteiger partial charge in [-0.2, -0.15) is 18.3 Å². The average Bonchev–Trinajstić information content (AvgIpc) is 3.27. The fourth-order valence-electron chi connectivity index (χ4n) is 3.67. The van der Waals surface area contributed by atoms with Gasteiger partial charge in [-0.25, -0.2) is 9.97 Å². The molecule has 4 heterocycles. The van der Waals surface area contributed by atoms with Crippen molar-refractivity contribution in [3.8, 4) is 0 Å². The smallest absolute Gasteiger partial charge is 0.340 e. The van der Waals surface area contributed by atoms with Gasteiger partial charge in [-0.1, -0.05) is 0 Å². The van der Waals surface area contributed by atoms with Crippen LogP contribution in [-0.4, -0.2) is 56.7 Å². The fraction of sp³-hybridized carbons (Fsp3) is 0.500. The van der Waals surface area contributed by atoms with Gasteiger partial charge in [0.25, 0.3) is 5.91 Å². The number of carbonyl (C=O) groups is 1. The molecule has 2 atom stereocenters. The summed E-state index contributed by atoms with van der Waals surface area (Å²) in [5.41, 5.74) is -0.531. The molecule has 0 bridgehead atoms. The van der Waals surface area contributed by atoms with Crippen LogP contribution in [0.5, 0.6) is 0 Å². The molecule has 0 radical (unpaired) electrons. The molecule has 2 aromatic heterocycles. The molecule has 26 heavy (non-hydrogen) atoms. The molecule has 1 amide bonds. The molecule has 2 saturated heterocycles. The van der Waals surface area contributed by atoms with E-state index in [9.17, 15) is 18.0 Å².